The maximum Gasteiger partial charge on any atom is 0.356 e. The van der Waals surface area contributed by atoms with Crippen LogP contribution in [0.25, 0.3) is 0 Å². The van der Waals surface area contributed by atoms with Crippen molar-refractivity contribution in [1.82, 2.24) is 4.98 Å². The number of pyridine rings is 1. The fraction of sp³-hybridized carbons (Fsp3) is 0.200. The summed E-state index contributed by atoms with van der Waals surface area (Å²) in [6.07, 6.45) is 0.501. The van der Waals surface area contributed by atoms with Crippen LogP contribution in [0.4, 0.5) is 0 Å². The molecule has 0 N–H and O–H groups in total. The summed E-state index contributed by atoms with van der Waals surface area (Å²) in [4.78, 5) is 36.7. The minimum Gasteiger partial charge on any atom is -0.464 e. The molecule has 0 saturated carbocycles. The van der Waals surface area contributed by atoms with Crippen molar-refractivity contribution in [3.63, 3.8) is 0 Å². The maximum atomic E-state index is 11.2. The van der Waals surface area contributed by atoms with Crippen LogP contribution < -0.4 is 0 Å². The average Bonchev–Trinajstić information content (AvgIpc) is 2.35. The highest BCUT2D eigenvalue weighted by atomic mass is 16.5. The predicted octanol–water partition coefficient (Wildman–Crippen LogP) is 0.467. The lowest BCUT2D eigenvalue weighted by atomic mass is 10.2. The van der Waals surface area contributed by atoms with Crippen LogP contribution in [0.1, 0.15) is 31.3 Å². The molecule has 1 aromatic heterocycles. The number of carbonyl (C=O) groups is 3. The van der Waals surface area contributed by atoms with Gasteiger partial charge in [0.2, 0.25) is 0 Å². The van der Waals surface area contributed by atoms with Crippen molar-refractivity contribution in [2.24, 2.45) is 0 Å². The molecule has 0 aromatic carbocycles. The van der Waals surface area contributed by atoms with E-state index in [0.29, 0.717) is 6.29 Å². The maximum absolute atomic E-state index is 11.2. The molecule has 0 unspecified atom stereocenters. The van der Waals surface area contributed by atoms with Gasteiger partial charge in [0, 0.05) is 5.56 Å². The number of nitrogens with zero attached hydrogens (tertiary/aromatic N) is 1. The molecule has 6 heteroatoms. The number of methoxy groups -OCH3 is 2. The predicted molar refractivity (Wildman–Crippen MR) is 52.3 cm³/mol. The van der Waals surface area contributed by atoms with Gasteiger partial charge in [-0.1, -0.05) is 0 Å². The highest BCUT2D eigenvalue weighted by molar-refractivity contribution is 5.94. The average molecular weight is 223 g/mol. The van der Waals surface area contributed by atoms with E-state index in [1.807, 2.05) is 0 Å². The Morgan fingerprint density at radius 2 is 1.56 bits per heavy atom. The summed E-state index contributed by atoms with van der Waals surface area (Å²) in [5.41, 5.74) is -0.0872. The third-order valence-corrected chi connectivity index (χ3v) is 1.77. The van der Waals surface area contributed by atoms with Crippen molar-refractivity contribution in [3.8, 4) is 0 Å². The minimum atomic E-state index is -0.728. The first-order valence-corrected chi connectivity index (χ1v) is 4.26. The van der Waals surface area contributed by atoms with E-state index in [0.717, 1.165) is 0 Å². The molecular formula is C10H9NO5. The van der Waals surface area contributed by atoms with Gasteiger partial charge in [0.25, 0.3) is 0 Å². The number of hydrogen-bond donors (Lipinski definition) is 0. The number of aldehydes is 1. The summed E-state index contributed by atoms with van der Waals surface area (Å²) in [5.74, 6) is -1.46. The molecule has 1 aromatic rings. The molecule has 0 aliphatic rings. The van der Waals surface area contributed by atoms with Gasteiger partial charge < -0.3 is 9.47 Å². The van der Waals surface area contributed by atoms with E-state index in [-0.39, 0.29) is 17.0 Å². The highest BCUT2D eigenvalue weighted by Crippen LogP contribution is 2.07. The first-order valence-electron chi connectivity index (χ1n) is 4.26. The number of ether oxygens (including phenoxy) is 2. The van der Waals surface area contributed by atoms with E-state index in [9.17, 15) is 14.4 Å². The SMILES string of the molecule is COC(=O)c1cc(C=O)cc(C(=O)OC)n1. The smallest absolute Gasteiger partial charge is 0.356 e. The zero-order valence-electron chi connectivity index (χ0n) is 8.72. The lowest BCUT2D eigenvalue weighted by Crippen LogP contribution is -2.11. The third-order valence-electron chi connectivity index (χ3n) is 1.77. The van der Waals surface area contributed by atoms with Crippen molar-refractivity contribution >= 4 is 18.2 Å². The van der Waals surface area contributed by atoms with E-state index >= 15 is 0 Å². The topological polar surface area (TPSA) is 82.6 Å². The second kappa shape index (κ2) is 5.01. The normalized spacial score (nSPS) is 9.38. The Hall–Kier alpha value is -2.24. The molecular weight excluding hydrogens is 214 g/mol. The van der Waals surface area contributed by atoms with Gasteiger partial charge in [-0.25, -0.2) is 14.6 Å². The monoisotopic (exact) mass is 223 g/mol. The molecule has 0 bridgehead atoms. The largest absolute Gasteiger partial charge is 0.464 e. The van der Waals surface area contributed by atoms with Gasteiger partial charge >= 0.3 is 11.9 Å². The fourth-order valence-corrected chi connectivity index (χ4v) is 1.04. The molecule has 6 nitrogen and oxygen atoms in total. The summed E-state index contributed by atoms with van der Waals surface area (Å²) in [6, 6.07) is 2.45. The molecule has 1 rings (SSSR count). The zero-order valence-corrected chi connectivity index (χ0v) is 8.72. The van der Waals surface area contributed by atoms with Crippen LogP contribution in [0, 0.1) is 0 Å². The Balaban J connectivity index is 3.26. The quantitative estimate of drug-likeness (QED) is 0.547. The molecule has 0 amide bonds. The Labute approximate surface area is 91.2 Å². The summed E-state index contributed by atoms with van der Waals surface area (Å²) < 4.78 is 8.87. The molecule has 0 fully saturated rings. The van der Waals surface area contributed by atoms with Crippen LogP contribution in [-0.4, -0.2) is 37.4 Å². The minimum absolute atomic E-state index is 0.118. The van der Waals surface area contributed by atoms with Crippen LogP contribution in [-0.2, 0) is 9.47 Å². The van der Waals surface area contributed by atoms with Crippen LogP contribution in [0.3, 0.4) is 0 Å². The van der Waals surface area contributed by atoms with Gasteiger partial charge in [0.15, 0.2) is 0 Å². The van der Waals surface area contributed by atoms with Crippen LogP contribution >= 0.6 is 0 Å². The highest BCUT2D eigenvalue weighted by Gasteiger charge is 2.15. The third kappa shape index (κ3) is 2.41. The summed E-state index contributed by atoms with van der Waals surface area (Å²) in [6.45, 7) is 0. The summed E-state index contributed by atoms with van der Waals surface area (Å²) >= 11 is 0. The van der Waals surface area contributed by atoms with E-state index in [1.165, 1.54) is 26.4 Å². The van der Waals surface area contributed by atoms with Gasteiger partial charge in [-0.15, -0.1) is 0 Å². The van der Waals surface area contributed by atoms with Gasteiger partial charge in [-0.05, 0) is 12.1 Å². The van der Waals surface area contributed by atoms with Crippen LogP contribution in [0.15, 0.2) is 12.1 Å². The van der Waals surface area contributed by atoms with Gasteiger partial charge in [0.05, 0.1) is 14.2 Å². The first-order chi connectivity index (χ1) is 7.62. The van der Waals surface area contributed by atoms with E-state index in [1.54, 1.807) is 0 Å². The van der Waals surface area contributed by atoms with Crippen LogP contribution in [0.5, 0.6) is 0 Å². The number of carbonyl (C=O) groups excluding carboxylic acids is 3. The molecule has 0 aliphatic heterocycles. The number of esters is 2. The van der Waals surface area contributed by atoms with Crippen molar-refractivity contribution in [2.75, 3.05) is 14.2 Å². The second-order valence-corrected chi connectivity index (χ2v) is 2.77. The number of rotatable bonds is 3. The molecule has 0 spiro atoms. The number of hydrogen-bond acceptors (Lipinski definition) is 6. The lowest BCUT2D eigenvalue weighted by Gasteiger charge is -2.03. The van der Waals surface area contributed by atoms with Crippen molar-refractivity contribution in [1.29, 1.82) is 0 Å². The lowest BCUT2D eigenvalue weighted by molar-refractivity contribution is 0.0586. The molecule has 0 saturated heterocycles. The van der Waals surface area contributed by atoms with Crippen molar-refractivity contribution < 1.29 is 23.9 Å². The Morgan fingerprint density at radius 3 is 1.88 bits per heavy atom. The van der Waals surface area contributed by atoms with E-state index in [4.69, 9.17) is 0 Å². The number of aromatic nitrogens is 1. The molecule has 0 atom stereocenters. The standard InChI is InChI=1S/C10H9NO5/c1-15-9(13)7-3-6(5-12)4-8(11-7)10(14)16-2/h3-5H,1-2H3. The molecule has 1 heterocycles. The Kier molecular flexibility index (Phi) is 3.71. The summed E-state index contributed by atoms with van der Waals surface area (Å²) in [7, 11) is 2.35. The van der Waals surface area contributed by atoms with Gasteiger partial charge in [0.1, 0.15) is 17.7 Å². The molecule has 0 aliphatic carbocycles. The first kappa shape index (κ1) is 11.8. The Bertz CT molecular complexity index is 407. The van der Waals surface area contributed by atoms with E-state index < -0.39 is 11.9 Å². The van der Waals surface area contributed by atoms with Crippen LogP contribution in [0.2, 0.25) is 0 Å². The van der Waals surface area contributed by atoms with Crippen molar-refractivity contribution in [3.05, 3.63) is 29.1 Å². The molecule has 16 heavy (non-hydrogen) atoms. The van der Waals surface area contributed by atoms with Gasteiger partial charge in [-0.3, -0.25) is 4.79 Å². The van der Waals surface area contributed by atoms with Gasteiger partial charge in [-0.2, -0.15) is 0 Å². The van der Waals surface area contributed by atoms with E-state index in [2.05, 4.69) is 14.5 Å². The second-order valence-electron chi connectivity index (χ2n) is 2.77. The molecule has 0 radical (unpaired) electrons. The summed E-state index contributed by atoms with van der Waals surface area (Å²) in [5, 5.41) is 0. The molecule has 84 valence electrons. The Morgan fingerprint density at radius 1 is 1.12 bits per heavy atom. The van der Waals surface area contributed by atoms with Crippen molar-refractivity contribution in [2.45, 2.75) is 0 Å². The zero-order chi connectivity index (χ0) is 12.1. The fourth-order valence-electron chi connectivity index (χ4n) is 1.04.